The minimum atomic E-state index is -0.156. The number of H-pyrrole nitrogens is 1. The van der Waals surface area contributed by atoms with E-state index in [9.17, 15) is 4.79 Å². The third kappa shape index (κ3) is 3.29. The summed E-state index contributed by atoms with van der Waals surface area (Å²) in [5.41, 5.74) is 1.32. The summed E-state index contributed by atoms with van der Waals surface area (Å²) in [6.07, 6.45) is 7.51. The fourth-order valence-electron chi connectivity index (χ4n) is 3.57. The van der Waals surface area contributed by atoms with Gasteiger partial charge in [0, 0.05) is 6.04 Å². The first-order valence-electron chi connectivity index (χ1n) is 9.01. The molecule has 4 rings (SSSR count). The Labute approximate surface area is 146 Å². The van der Waals surface area contributed by atoms with Gasteiger partial charge in [0.05, 0.1) is 11.9 Å². The predicted molar refractivity (Wildman–Crippen MR) is 99.1 cm³/mol. The average molecular weight is 337 g/mol. The van der Waals surface area contributed by atoms with E-state index in [2.05, 4.69) is 27.3 Å². The molecule has 2 unspecified atom stereocenters. The number of hydrogen-bond donors (Lipinski definition) is 2. The maximum Gasteiger partial charge on any atom is 0.263 e. The van der Waals surface area contributed by atoms with Crippen molar-refractivity contribution in [1.29, 1.82) is 0 Å². The van der Waals surface area contributed by atoms with E-state index < -0.39 is 0 Å². The molecule has 2 heterocycles. The lowest BCUT2D eigenvalue weighted by Crippen LogP contribution is -2.22. The molecule has 130 valence electrons. The average Bonchev–Trinajstić information content (AvgIpc) is 2.94. The molecule has 2 N–H and O–H groups in total. The summed E-state index contributed by atoms with van der Waals surface area (Å²) >= 11 is 0. The highest BCUT2D eigenvalue weighted by molar-refractivity contribution is 5.76. The van der Waals surface area contributed by atoms with Crippen molar-refractivity contribution in [2.75, 3.05) is 5.32 Å². The fourth-order valence-corrected chi connectivity index (χ4v) is 3.57. The molecule has 0 spiro atoms. The van der Waals surface area contributed by atoms with Crippen molar-refractivity contribution < 1.29 is 0 Å². The van der Waals surface area contributed by atoms with Crippen molar-refractivity contribution in [1.82, 2.24) is 19.7 Å². The Morgan fingerprint density at radius 3 is 2.84 bits per heavy atom. The number of nitrogens with one attached hydrogen (secondary N) is 2. The fraction of sp³-hybridized carbons (Fsp3) is 0.421. The summed E-state index contributed by atoms with van der Waals surface area (Å²) in [6, 6.07) is 10.1. The van der Waals surface area contributed by atoms with Crippen molar-refractivity contribution in [3.8, 4) is 5.69 Å². The lowest BCUT2D eigenvalue weighted by atomic mass is 10.0. The second-order valence-electron chi connectivity index (χ2n) is 7.00. The van der Waals surface area contributed by atoms with Crippen LogP contribution in [0.3, 0.4) is 0 Å². The van der Waals surface area contributed by atoms with Gasteiger partial charge in [-0.15, -0.1) is 0 Å². The minimum Gasteiger partial charge on any atom is -0.353 e. The Kier molecular flexibility index (Phi) is 4.26. The monoisotopic (exact) mass is 337 g/mol. The van der Waals surface area contributed by atoms with Crippen LogP contribution < -0.4 is 10.9 Å². The van der Waals surface area contributed by atoms with E-state index in [0.29, 0.717) is 23.0 Å². The van der Waals surface area contributed by atoms with E-state index in [-0.39, 0.29) is 5.56 Å². The quantitative estimate of drug-likeness (QED) is 0.717. The van der Waals surface area contributed by atoms with E-state index in [1.54, 1.807) is 10.9 Å². The second-order valence-corrected chi connectivity index (χ2v) is 7.00. The van der Waals surface area contributed by atoms with Gasteiger partial charge in [-0.3, -0.25) is 9.78 Å². The molecule has 1 aliphatic rings. The van der Waals surface area contributed by atoms with Crippen LogP contribution in [0.1, 0.15) is 39.0 Å². The lowest BCUT2D eigenvalue weighted by molar-refractivity contribution is 0.501. The van der Waals surface area contributed by atoms with Crippen molar-refractivity contribution >= 4 is 17.0 Å². The van der Waals surface area contributed by atoms with Crippen molar-refractivity contribution in [2.45, 2.75) is 45.1 Å². The number of para-hydroxylation sites is 1. The molecular formula is C19H23N5O. The van der Waals surface area contributed by atoms with Gasteiger partial charge < -0.3 is 5.32 Å². The van der Waals surface area contributed by atoms with Crippen LogP contribution in [0.25, 0.3) is 16.7 Å². The standard InChI is InChI=1S/C19H23N5O/c1-13-6-5-7-14(11-10-13)21-19-22-17-16(18(25)23-19)12-20-24(17)15-8-3-2-4-9-15/h2-4,8-9,12-14H,5-7,10-11H2,1H3,(H2,21,22,23,25). The summed E-state index contributed by atoms with van der Waals surface area (Å²) in [6.45, 7) is 2.31. The van der Waals surface area contributed by atoms with Gasteiger partial charge in [-0.2, -0.15) is 10.1 Å². The number of nitrogens with zero attached hydrogens (tertiary/aromatic N) is 3. The molecule has 6 nitrogen and oxygen atoms in total. The molecule has 2 atom stereocenters. The number of hydrogen-bond acceptors (Lipinski definition) is 4. The van der Waals surface area contributed by atoms with Gasteiger partial charge in [-0.05, 0) is 37.3 Å². The third-order valence-electron chi connectivity index (χ3n) is 5.04. The van der Waals surface area contributed by atoms with Crippen molar-refractivity contribution in [2.24, 2.45) is 5.92 Å². The van der Waals surface area contributed by atoms with Crippen molar-refractivity contribution in [3.63, 3.8) is 0 Å². The molecule has 0 bridgehead atoms. The Bertz CT molecular complexity index is 914. The molecule has 0 amide bonds. The van der Waals surface area contributed by atoms with Crippen LogP contribution in [-0.2, 0) is 0 Å². The van der Waals surface area contributed by atoms with E-state index in [1.165, 1.54) is 19.3 Å². The highest BCUT2D eigenvalue weighted by Gasteiger charge is 2.18. The maximum atomic E-state index is 12.4. The molecule has 1 aliphatic carbocycles. The number of benzene rings is 1. The molecule has 0 saturated heterocycles. The molecular weight excluding hydrogens is 314 g/mol. The summed E-state index contributed by atoms with van der Waals surface area (Å²) in [7, 11) is 0. The molecule has 0 radical (unpaired) electrons. The van der Waals surface area contributed by atoms with Crippen LogP contribution in [0.4, 0.5) is 5.95 Å². The van der Waals surface area contributed by atoms with Crippen LogP contribution in [0.5, 0.6) is 0 Å². The van der Waals surface area contributed by atoms with Crippen LogP contribution in [0.2, 0.25) is 0 Å². The predicted octanol–water partition coefficient (Wildman–Crippen LogP) is 3.49. The Morgan fingerprint density at radius 2 is 2.00 bits per heavy atom. The van der Waals surface area contributed by atoms with Gasteiger partial charge in [-0.1, -0.05) is 38.0 Å². The number of fused-ring (bicyclic) bond motifs is 1. The lowest BCUT2D eigenvalue weighted by Gasteiger charge is -2.16. The van der Waals surface area contributed by atoms with E-state index in [1.807, 2.05) is 30.3 Å². The first kappa shape index (κ1) is 15.9. The summed E-state index contributed by atoms with van der Waals surface area (Å²) in [5, 5.41) is 8.28. The van der Waals surface area contributed by atoms with Crippen LogP contribution in [0.15, 0.2) is 41.3 Å². The van der Waals surface area contributed by atoms with Crippen LogP contribution in [-0.4, -0.2) is 25.8 Å². The van der Waals surface area contributed by atoms with Gasteiger partial charge in [0.15, 0.2) is 5.65 Å². The van der Waals surface area contributed by atoms with Gasteiger partial charge >= 0.3 is 0 Å². The zero-order chi connectivity index (χ0) is 17.2. The van der Waals surface area contributed by atoms with Crippen molar-refractivity contribution in [3.05, 3.63) is 46.9 Å². The summed E-state index contributed by atoms with van der Waals surface area (Å²) in [4.78, 5) is 19.9. The molecule has 6 heteroatoms. The molecule has 1 saturated carbocycles. The highest BCUT2D eigenvalue weighted by Crippen LogP contribution is 2.24. The number of aromatic nitrogens is 4. The van der Waals surface area contributed by atoms with Gasteiger partial charge in [-0.25, -0.2) is 4.68 Å². The first-order valence-corrected chi connectivity index (χ1v) is 9.01. The number of aromatic amines is 1. The Balaban J connectivity index is 1.67. The van der Waals surface area contributed by atoms with E-state index in [0.717, 1.165) is 24.4 Å². The topological polar surface area (TPSA) is 75.6 Å². The highest BCUT2D eigenvalue weighted by atomic mass is 16.1. The van der Waals surface area contributed by atoms with Crippen LogP contribution in [0, 0.1) is 5.92 Å². The number of rotatable bonds is 3. The van der Waals surface area contributed by atoms with Gasteiger partial charge in [0.1, 0.15) is 5.39 Å². The van der Waals surface area contributed by atoms with Crippen LogP contribution >= 0.6 is 0 Å². The maximum absolute atomic E-state index is 12.4. The molecule has 1 aromatic carbocycles. The molecule has 3 aromatic rings. The SMILES string of the molecule is CC1CCCC(Nc2nc3c(cnn3-c3ccccc3)c(=O)[nH]2)CC1. The number of anilines is 1. The zero-order valence-electron chi connectivity index (χ0n) is 14.4. The Hall–Kier alpha value is -2.63. The minimum absolute atomic E-state index is 0.156. The smallest absolute Gasteiger partial charge is 0.263 e. The molecule has 25 heavy (non-hydrogen) atoms. The van der Waals surface area contributed by atoms with Gasteiger partial charge in [0.25, 0.3) is 5.56 Å². The van der Waals surface area contributed by atoms with Gasteiger partial charge in [0.2, 0.25) is 5.95 Å². The van der Waals surface area contributed by atoms with E-state index >= 15 is 0 Å². The molecule has 2 aromatic heterocycles. The first-order chi connectivity index (χ1) is 12.2. The Morgan fingerprint density at radius 1 is 1.16 bits per heavy atom. The zero-order valence-corrected chi connectivity index (χ0v) is 14.4. The summed E-state index contributed by atoms with van der Waals surface area (Å²) in [5.74, 6) is 1.32. The summed E-state index contributed by atoms with van der Waals surface area (Å²) < 4.78 is 1.71. The second kappa shape index (κ2) is 6.70. The molecule has 0 aliphatic heterocycles. The normalized spacial score (nSPS) is 21.2. The molecule has 1 fully saturated rings. The largest absolute Gasteiger partial charge is 0.353 e. The van der Waals surface area contributed by atoms with E-state index in [4.69, 9.17) is 0 Å². The third-order valence-corrected chi connectivity index (χ3v) is 5.04.